The van der Waals surface area contributed by atoms with Crippen LogP contribution in [0.25, 0.3) is 10.2 Å². The first-order valence-electron chi connectivity index (χ1n) is 8.53. The van der Waals surface area contributed by atoms with Crippen LogP contribution in [0, 0.1) is 12.8 Å². The van der Waals surface area contributed by atoms with Crippen LogP contribution < -0.4 is 5.56 Å². The van der Waals surface area contributed by atoms with E-state index in [1.54, 1.807) is 7.05 Å². The quantitative estimate of drug-likeness (QED) is 0.809. The van der Waals surface area contributed by atoms with E-state index < -0.39 is 0 Å². The molecular formula is C17H21N3O4S. The van der Waals surface area contributed by atoms with Crippen LogP contribution in [0.1, 0.15) is 28.1 Å². The van der Waals surface area contributed by atoms with Gasteiger partial charge in [0.25, 0.3) is 11.5 Å². The van der Waals surface area contributed by atoms with Crippen molar-refractivity contribution in [1.82, 2.24) is 14.5 Å². The molecule has 8 heteroatoms. The molecule has 0 aliphatic carbocycles. The zero-order valence-corrected chi connectivity index (χ0v) is 15.2. The maximum absolute atomic E-state index is 13.0. The highest BCUT2D eigenvalue weighted by atomic mass is 32.1. The molecule has 2 aromatic rings. The smallest absolute Gasteiger partial charge is 0.264 e. The third-order valence-electron chi connectivity index (χ3n) is 5.06. The Balaban J connectivity index is 1.54. The van der Waals surface area contributed by atoms with Gasteiger partial charge in [0, 0.05) is 26.1 Å². The summed E-state index contributed by atoms with van der Waals surface area (Å²) in [6.07, 6.45) is 3.14. The number of fused-ring (bicyclic) bond motifs is 1. The van der Waals surface area contributed by atoms with E-state index in [0.717, 1.165) is 18.4 Å². The van der Waals surface area contributed by atoms with Crippen LogP contribution in [-0.4, -0.2) is 53.0 Å². The van der Waals surface area contributed by atoms with Crippen LogP contribution >= 0.6 is 11.3 Å². The molecule has 0 bridgehead atoms. The summed E-state index contributed by atoms with van der Waals surface area (Å²) < 4.78 is 12.6. The van der Waals surface area contributed by atoms with Crippen molar-refractivity contribution in [1.29, 1.82) is 0 Å². The van der Waals surface area contributed by atoms with Gasteiger partial charge in [0.2, 0.25) is 0 Å². The third kappa shape index (κ3) is 2.88. The topological polar surface area (TPSA) is 73.7 Å². The molecule has 0 N–H and O–H groups in total. The highest BCUT2D eigenvalue weighted by molar-refractivity contribution is 7.20. The molecule has 2 saturated heterocycles. The van der Waals surface area contributed by atoms with Crippen molar-refractivity contribution in [3.63, 3.8) is 0 Å². The van der Waals surface area contributed by atoms with E-state index in [2.05, 4.69) is 4.98 Å². The molecule has 0 radical (unpaired) electrons. The molecule has 7 nitrogen and oxygen atoms in total. The first-order chi connectivity index (χ1) is 12.1. The van der Waals surface area contributed by atoms with Crippen molar-refractivity contribution in [2.45, 2.75) is 26.1 Å². The number of likely N-dealkylation sites (tertiary alicyclic amines) is 1. The number of hydrogen-bond acceptors (Lipinski definition) is 6. The van der Waals surface area contributed by atoms with Gasteiger partial charge in [0.1, 0.15) is 4.83 Å². The summed E-state index contributed by atoms with van der Waals surface area (Å²) in [5.41, 5.74) is 0.635. The minimum atomic E-state index is -0.115. The molecule has 4 heterocycles. The van der Waals surface area contributed by atoms with Crippen LogP contribution in [0.3, 0.4) is 0 Å². The number of rotatable bonds is 2. The lowest BCUT2D eigenvalue weighted by molar-refractivity contribution is -0.0956. The predicted molar refractivity (Wildman–Crippen MR) is 93.9 cm³/mol. The summed E-state index contributed by atoms with van der Waals surface area (Å²) >= 11 is 1.31. The van der Waals surface area contributed by atoms with Gasteiger partial charge in [0.15, 0.2) is 6.29 Å². The molecule has 2 aromatic heterocycles. The Kier molecular flexibility index (Phi) is 4.35. The molecule has 0 unspecified atom stereocenters. The SMILES string of the molecule is Cc1c(C(=O)N2CCC(C3OCCO3)CC2)sc2ncn(C)c(=O)c12. The van der Waals surface area contributed by atoms with Crippen molar-refractivity contribution in [3.8, 4) is 0 Å². The second kappa shape index (κ2) is 6.51. The summed E-state index contributed by atoms with van der Waals surface area (Å²) in [7, 11) is 1.67. The van der Waals surface area contributed by atoms with E-state index in [1.165, 1.54) is 22.2 Å². The normalized spacial score (nSPS) is 19.8. The zero-order valence-electron chi connectivity index (χ0n) is 14.4. The number of aryl methyl sites for hydroxylation is 2. The van der Waals surface area contributed by atoms with E-state index in [0.29, 0.717) is 47.3 Å². The van der Waals surface area contributed by atoms with Gasteiger partial charge < -0.3 is 18.9 Å². The first kappa shape index (κ1) is 16.7. The number of aromatic nitrogens is 2. The Morgan fingerprint density at radius 1 is 1.28 bits per heavy atom. The molecule has 1 amide bonds. The molecule has 0 atom stereocenters. The molecule has 25 heavy (non-hydrogen) atoms. The lowest BCUT2D eigenvalue weighted by Crippen LogP contribution is -2.41. The summed E-state index contributed by atoms with van der Waals surface area (Å²) in [5.74, 6) is 0.346. The predicted octanol–water partition coefficient (Wildman–Crippen LogP) is 1.53. The monoisotopic (exact) mass is 363 g/mol. The maximum atomic E-state index is 13.0. The summed E-state index contributed by atoms with van der Waals surface area (Å²) in [5, 5.41) is 0.556. The summed E-state index contributed by atoms with van der Waals surface area (Å²) in [4.78, 5) is 32.7. The Hall–Kier alpha value is -1.77. The van der Waals surface area contributed by atoms with Crippen molar-refractivity contribution >= 4 is 27.5 Å². The van der Waals surface area contributed by atoms with Crippen LogP contribution in [0.2, 0.25) is 0 Å². The molecule has 0 aromatic carbocycles. The van der Waals surface area contributed by atoms with Crippen molar-refractivity contribution in [2.24, 2.45) is 13.0 Å². The molecule has 134 valence electrons. The van der Waals surface area contributed by atoms with Gasteiger partial charge in [-0.25, -0.2) is 4.98 Å². The van der Waals surface area contributed by atoms with Gasteiger partial charge in [-0.3, -0.25) is 9.59 Å². The van der Waals surface area contributed by atoms with Crippen LogP contribution in [0.15, 0.2) is 11.1 Å². The molecule has 0 spiro atoms. The Bertz CT molecular complexity index is 861. The third-order valence-corrected chi connectivity index (χ3v) is 6.25. The number of hydrogen-bond donors (Lipinski definition) is 0. The highest BCUT2D eigenvalue weighted by Crippen LogP contribution is 2.31. The van der Waals surface area contributed by atoms with E-state index in [4.69, 9.17) is 9.47 Å². The fourth-order valence-electron chi connectivity index (χ4n) is 3.58. The number of piperidine rings is 1. The second-order valence-corrected chi connectivity index (χ2v) is 7.64. The van der Waals surface area contributed by atoms with Gasteiger partial charge in [-0.15, -0.1) is 11.3 Å². The second-order valence-electron chi connectivity index (χ2n) is 6.64. The molecule has 4 rings (SSSR count). The van der Waals surface area contributed by atoms with E-state index in [1.807, 2.05) is 11.8 Å². The number of carbonyl (C=O) groups excluding carboxylic acids is 1. The van der Waals surface area contributed by atoms with Crippen LogP contribution in [0.4, 0.5) is 0 Å². The molecule has 2 aliphatic rings. The Morgan fingerprint density at radius 3 is 2.64 bits per heavy atom. The van der Waals surface area contributed by atoms with Crippen molar-refractivity contribution in [2.75, 3.05) is 26.3 Å². The first-order valence-corrected chi connectivity index (χ1v) is 9.35. The number of carbonyl (C=O) groups is 1. The minimum absolute atomic E-state index is 0.00531. The van der Waals surface area contributed by atoms with Gasteiger partial charge in [0.05, 0.1) is 29.8 Å². The highest BCUT2D eigenvalue weighted by Gasteiger charge is 2.33. The fraction of sp³-hybridized carbons (Fsp3) is 0.588. The van der Waals surface area contributed by atoms with Gasteiger partial charge >= 0.3 is 0 Å². The van der Waals surface area contributed by atoms with E-state index in [-0.39, 0.29) is 17.8 Å². The lowest BCUT2D eigenvalue weighted by Gasteiger charge is -2.33. The Morgan fingerprint density at radius 2 is 1.96 bits per heavy atom. The molecule has 2 fully saturated rings. The average Bonchev–Trinajstić information content (AvgIpc) is 3.26. The van der Waals surface area contributed by atoms with E-state index >= 15 is 0 Å². The molecule has 0 saturated carbocycles. The summed E-state index contributed by atoms with van der Waals surface area (Å²) in [6, 6.07) is 0. The lowest BCUT2D eigenvalue weighted by atomic mass is 9.96. The van der Waals surface area contributed by atoms with Gasteiger partial charge in [-0.1, -0.05) is 0 Å². The number of nitrogens with zero attached hydrogens (tertiary/aromatic N) is 3. The summed E-state index contributed by atoms with van der Waals surface area (Å²) in [6.45, 7) is 4.53. The van der Waals surface area contributed by atoms with Crippen LogP contribution in [-0.2, 0) is 16.5 Å². The van der Waals surface area contributed by atoms with Gasteiger partial charge in [-0.2, -0.15) is 0 Å². The minimum Gasteiger partial charge on any atom is -0.350 e. The average molecular weight is 363 g/mol. The van der Waals surface area contributed by atoms with Crippen LogP contribution in [0.5, 0.6) is 0 Å². The number of thiophene rings is 1. The number of ether oxygens (including phenoxy) is 2. The van der Waals surface area contributed by atoms with Crippen molar-refractivity contribution in [3.05, 3.63) is 27.1 Å². The maximum Gasteiger partial charge on any atom is 0.264 e. The Labute approximate surface area is 149 Å². The molecular weight excluding hydrogens is 342 g/mol. The fourth-order valence-corrected chi connectivity index (χ4v) is 4.69. The zero-order chi connectivity index (χ0) is 17.6. The molecule has 2 aliphatic heterocycles. The standard InChI is InChI=1S/C17H21N3O4S/c1-10-12-14(18-9-19(2)15(12)21)25-13(10)16(22)20-5-3-11(4-6-20)17-23-7-8-24-17/h9,11,17H,3-8H2,1-2H3. The van der Waals surface area contributed by atoms with Crippen molar-refractivity contribution < 1.29 is 14.3 Å². The van der Waals surface area contributed by atoms with Gasteiger partial charge in [-0.05, 0) is 25.3 Å². The van der Waals surface area contributed by atoms with E-state index in [9.17, 15) is 9.59 Å². The number of amides is 1. The largest absolute Gasteiger partial charge is 0.350 e.